The van der Waals surface area contributed by atoms with Gasteiger partial charge in [0.1, 0.15) is 11.8 Å². The minimum Gasteiger partial charge on any atom is -0.479 e. The van der Waals surface area contributed by atoms with Crippen LogP contribution in [0.5, 0.6) is 5.75 Å². The Balaban J connectivity index is 1.96. The number of nitrogens with zero attached hydrogens (tertiary/aromatic N) is 2. The summed E-state index contributed by atoms with van der Waals surface area (Å²) in [7, 11) is 0. The van der Waals surface area contributed by atoms with Crippen molar-refractivity contribution in [2.75, 3.05) is 11.9 Å². The van der Waals surface area contributed by atoms with Crippen LogP contribution < -0.4 is 10.1 Å². The molecule has 0 spiro atoms. The molecule has 0 aliphatic carbocycles. The Morgan fingerprint density at radius 1 is 1.36 bits per heavy atom. The zero-order valence-electron chi connectivity index (χ0n) is 13.3. The number of nitriles is 1. The number of carbonyl (C=O) groups excluding carboxylic acids is 1. The number of hydrogen-bond acceptors (Lipinski definition) is 6. The molecule has 2 aromatic rings. The van der Waals surface area contributed by atoms with Crippen LogP contribution in [0.15, 0.2) is 53.4 Å². The Kier molecular flexibility index (Phi) is 6.37. The number of ether oxygens (including phenoxy) is 1. The minimum absolute atomic E-state index is 0.00985. The maximum Gasteiger partial charge on any atom is 0.269 e. The van der Waals surface area contributed by atoms with E-state index in [1.807, 2.05) is 6.07 Å². The molecule has 0 aromatic heterocycles. The zero-order valence-corrected chi connectivity index (χ0v) is 14.2. The monoisotopic (exact) mass is 357 g/mol. The van der Waals surface area contributed by atoms with E-state index in [1.54, 1.807) is 43.3 Å². The number of non-ortho nitro benzene ring substituents is 1. The highest BCUT2D eigenvalue weighted by Crippen LogP contribution is 2.26. The Morgan fingerprint density at radius 3 is 2.72 bits per heavy atom. The van der Waals surface area contributed by atoms with E-state index in [-0.39, 0.29) is 18.2 Å². The van der Waals surface area contributed by atoms with Gasteiger partial charge in [0.25, 0.3) is 5.69 Å². The Morgan fingerprint density at radius 2 is 2.08 bits per heavy atom. The van der Waals surface area contributed by atoms with E-state index in [4.69, 9.17) is 10.00 Å². The summed E-state index contributed by atoms with van der Waals surface area (Å²) in [6.07, 6.45) is 0. The van der Waals surface area contributed by atoms with Crippen LogP contribution in [0.1, 0.15) is 6.92 Å². The van der Waals surface area contributed by atoms with Crippen molar-refractivity contribution in [3.05, 3.63) is 58.6 Å². The van der Waals surface area contributed by atoms with Gasteiger partial charge in [0.2, 0.25) is 5.91 Å². The fourth-order valence-electron chi connectivity index (χ4n) is 1.93. The predicted octanol–water partition coefficient (Wildman–Crippen LogP) is 3.62. The first-order chi connectivity index (χ1) is 12.0. The van der Waals surface area contributed by atoms with Crippen molar-refractivity contribution in [3.8, 4) is 11.8 Å². The maximum atomic E-state index is 12.3. The molecular formula is C17H15N3O4S. The molecule has 0 bridgehead atoms. The fraction of sp³-hybridized carbons (Fsp3) is 0.176. The average Bonchev–Trinajstić information content (AvgIpc) is 2.60. The number of hydrogen-bond donors (Lipinski definition) is 1. The third-order valence-corrected chi connectivity index (χ3v) is 4.25. The molecule has 8 heteroatoms. The van der Waals surface area contributed by atoms with Gasteiger partial charge in [0.05, 0.1) is 10.2 Å². The van der Waals surface area contributed by atoms with Gasteiger partial charge < -0.3 is 10.1 Å². The number of anilines is 1. The Bertz CT molecular complexity index is 802. The smallest absolute Gasteiger partial charge is 0.269 e. The summed E-state index contributed by atoms with van der Waals surface area (Å²) in [5.41, 5.74) is 0.576. The summed E-state index contributed by atoms with van der Waals surface area (Å²) < 4.78 is 5.19. The number of carbonyl (C=O) groups is 1. The van der Waals surface area contributed by atoms with Crippen molar-refractivity contribution < 1.29 is 14.5 Å². The van der Waals surface area contributed by atoms with Gasteiger partial charge in [-0.15, -0.1) is 11.8 Å². The van der Waals surface area contributed by atoms with Gasteiger partial charge in [-0.2, -0.15) is 5.26 Å². The molecule has 25 heavy (non-hydrogen) atoms. The van der Waals surface area contributed by atoms with Gasteiger partial charge >= 0.3 is 0 Å². The summed E-state index contributed by atoms with van der Waals surface area (Å²) in [6, 6.07) is 14.7. The lowest BCUT2D eigenvalue weighted by atomic mass is 10.3. The second-order valence-electron chi connectivity index (χ2n) is 4.97. The minimum atomic E-state index is -0.466. The van der Waals surface area contributed by atoms with Gasteiger partial charge in [0.15, 0.2) is 6.61 Å². The standard InChI is InChI=1S/C17H15N3O4S/c1-12(25-16-7-5-14(6-8-16)20(22)23)17(21)19-13-3-2-4-15(11-13)24-10-9-18/h2-8,11-12H,10H2,1H3,(H,19,21). The SMILES string of the molecule is CC(Sc1ccc([N+](=O)[O-])cc1)C(=O)Nc1cccc(OCC#N)c1. The lowest BCUT2D eigenvalue weighted by Gasteiger charge is -2.12. The van der Waals surface area contributed by atoms with E-state index in [0.717, 1.165) is 4.90 Å². The summed E-state index contributed by atoms with van der Waals surface area (Å²) in [6.45, 7) is 1.68. The highest BCUT2D eigenvalue weighted by molar-refractivity contribution is 8.00. The third kappa shape index (κ3) is 5.51. The van der Waals surface area contributed by atoms with Crippen LogP contribution in [0.3, 0.4) is 0 Å². The predicted molar refractivity (Wildman–Crippen MR) is 94.6 cm³/mol. The average molecular weight is 357 g/mol. The first-order valence-corrected chi connectivity index (χ1v) is 8.19. The Hall–Kier alpha value is -3.05. The summed E-state index contributed by atoms with van der Waals surface area (Å²) in [5.74, 6) is 0.288. The van der Waals surface area contributed by atoms with Crippen molar-refractivity contribution in [3.63, 3.8) is 0 Å². The highest BCUT2D eigenvalue weighted by atomic mass is 32.2. The van der Waals surface area contributed by atoms with E-state index in [2.05, 4.69) is 5.32 Å². The molecule has 0 saturated carbocycles. The number of nitro benzene ring substituents is 1. The molecule has 1 atom stereocenters. The molecule has 128 valence electrons. The van der Waals surface area contributed by atoms with Crippen LogP contribution in [0.4, 0.5) is 11.4 Å². The van der Waals surface area contributed by atoms with Crippen LogP contribution in [-0.2, 0) is 4.79 Å². The second kappa shape index (κ2) is 8.70. The largest absolute Gasteiger partial charge is 0.479 e. The Labute approximate surface area is 148 Å². The second-order valence-corrected chi connectivity index (χ2v) is 6.39. The lowest BCUT2D eigenvalue weighted by molar-refractivity contribution is -0.384. The lowest BCUT2D eigenvalue weighted by Crippen LogP contribution is -2.22. The third-order valence-electron chi connectivity index (χ3n) is 3.13. The molecule has 2 rings (SSSR count). The maximum absolute atomic E-state index is 12.3. The number of amides is 1. The number of nitrogens with one attached hydrogen (secondary N) is 1. The van der Waals surface area contributed by atoms with E-state index in [1.165, 1.54) is 23.9 Å². The van der Waals surface area contributed by atoms with Gasteiger partial charge in [0, 0.05) is 28.8 Å². The van der Waals surface area contributed by atoms with Gasteiger partial charge in [-0.05, 0) is 31.2 Å². The van der Waals surface area contributed by atoms with Crippen LogP contribution in [0.2, 0.25) is 0 Å². The normalized spacial score (nSPS) is 11.2. The van der Waals surface area contributed by atoms with Crippen molar-refractivity contribution in [1.29, 1.82) is 5.26 Å². The molecule has 2 aromatic carbocycles. The van der Waals surface area contributed by atoms with E-state index >= 15 is 0 Å². The molecule has 0 aliphatic heterocycles. The van der Waals surface area contributed by atoms with Crippen LogP contribution in [0, 0.1) is 21.4 Å². The topological polar surface area (TPSA) is 105 Å². The molecule has 0 fully saturated rings. The van der Waals surface area contributed by atoms with Crippen molar-refractivity contribution >= 4 is 29.0 Å². The summed E-state index contributed by atoms with van der Waals surface area (Å²) >= 11 is 1.30. The first-order valence-electron chi connectivity index (χ1n) is 7.31. The van der Waals surface area contributed by atoms with Gasteiger partial charge in [-0.3, -0.25) is 14.9 Å². The van der Waals surface area contributed by atoms with Crippen LogP contribution in [0.25, 0.3) is 0 Å². The first kappa shape index (κ1) is 18.3. The molecule has 0 saturated heterocycles. The van der Waals surface area contributed by atoms with E-state index in [0.29, 0.717) is 11.4 Å². The number of rotatable bonds is 7. The molecule has 1 unspecified atom stereocenters. The molecular weight excluding hydrogens is 342 g/mol. The number of thioether (sulfide) groups is 1. The number of benzene rings is 2. The molecule has 7 nitrogen and oxygen atoms in total. The molecule has 1 N–H and O–H groups in total. The fourth-order valence-corrected chi connectivity index (χ4v) is 2.79. The van der Waals surface area contributed by atoms with Crippen LogP contribution in [-0.4, -0.2) is 22.7 Å². The summed E-state index contributed by atoms with van der Waals surface area (Å²) in [4.78, 5) is 23.2. The summed E-state index contributed by atoms with van der Waals surface area (Å²) in [5, 5.41) is 21.5. The van der Waals surface area contributed by atoms with Crippen molar-refractivity contribution in [2.45, 2.75) is 17.1 Å². The zero-order chi connectivity index (χ0) is 18.2. The van der Waals surface area contributed by atoms with Crippen molar-refractivity contribution in [2.24, 2.45) is 0 Å². The highest BCUT2D eigenvalue weighted by Gasteiger charge is 2.15. The van der Waals surface area contributed by atoms with E-state index in [9.17, 15) is 14.9 Å². The van der Waals surface area contributed by atoms with E-state index < -0.39 is 10.2 Å². The molecule has 0 aliphatic rings. The molecule has 0 heterocycles. The molecule has 0 radical (unpaired) electrons. The van der Waals surface area contributed by atoms with Crippen LogP contribution >= 0.6 is 11.8 Å². The van der Waals surface area contributed by atoms with Crippen molar-refractivity contribution in [1.82, 2.24) is 0 Å². The van der Waals surface area contributed by atoms with Gasteiger partial charge in [-0.1, -0.05) is 6.07 Å². The quantitative estimate of drug-likeness (QED) is 0.461. The molecule has 1 amide bonds. The van der Waals surface area contributed by atoms with Gasteiger partial charge in [-0.25, -0.2) is 0 Å². The number of nitro groups is 1.